The molecule has 3 N–H and O–H groups in total. The fourth-order valence-corrected chi connectivity index (χ4v) is 1.54. The summed E-state index contributed by atoms with van der Waals surface area (Å²) < 4.78 is 0. The SMILES string of the molecule is O=C1CC(NC2(CO)CC2)C(=O)N1. The van der Waals surface area contributed by atoms with Crippen LogP contribution in [0.2, 0.25) is 0 Å². The van der Waals surface area contributed by atoms with E-state index in [1.807, 2.05) is 0 Å². The van der Waals surface area contributed by atoms with Gasteiger partial charge in [0.2, 0.25) is 11.8 Å². The molecule has 0 aromatic rings. The number of amides is 2. The molecular weight excluding hydrogens is 172 g/mol. The van der Waals surface area contributed by atoms with E-state index in [1.165, 1.54) is 0 Å². The zero-order chi connectivity index (χ0) is 9.47. The van der Waals surface area contributed by atoms with Crippen molar-refractivity contribution in [3.8, 4) is 0 Å². The van der Waals surface area contributed by atoms with Crippen molar-refractivity contribution in [2.75, 3.05) is 6.61 Å². The largest absolute Gasteiger partial charge is 0.394 e. The number of rotatable bonds is 3. The van der Waals surface area contributed by atoms with Crippen LogP contribution in [0.3, 0.4) is 0 Å². The van der Waals surface area contributed by atoms with E-state index in [0.717, 1.165) is 12.8 Å². The van der Waals surface area contributed by atoms with Gasteiger partial charge in [-0.25, -0.2) is 0 Å². The Hall–Kier alpha value is -0.940. The van der Waals surface area contributed by atoms with Gasteiger partial charge in [0.05, 0.1) is 19.1 Å². The van der Waals surface area contributed by atoms with E-state index in [-0.39, 0.29) is 30.4 Å². The first-order chi connectivity index (χ1) is 6.15. The van der Waals surface area contributed by atoms with Crippen LogP contribution in [0.25, 0.3) is 0 Å². The van der Waals surface area contributed by atoms with Gasteiger partial charge in [0, 0.05) is 5.54 Å². The highest BCUT2D eigenvalue weighted by atomic mass is 16.3. The molecule has 5 heteroatoms. The lowest BCUT2D eigenvalue weighted by molar-refractivity contribution is -0.125. The summed E-state index contributed by atoms with van der Waals surface area (Å²) in [5.41, 5.74) is -0.285. The van der Waals surface area contributed by atoms with Crippen LogP contribution in [0.1, 0.15) is 19.3 Å². The Morgan fingerprint density at radius 2 is 2.23 bits per heavy atom. The first kappa shape index (κ1) is 8.65. The molecule has 0 radical (unpaired) electrons. The van der Waals surface area contributed by atoms with Crippen molar-refractivity contribution >= 4 is 11.8 Å². The molecule has 0 bridgehead atoms. The van der Waals surface area contributed by atoms with E-state index < -0.39 is 6.04 Å². The molecule has 1 saturated heterocycles. The Kier molecular flexibility index (Phi) is 1.85. The van der Waals surface area contributed by atoms with E-state index in [1.54, 1.807) is 0 Å². The van der Waals surface area contributed by atoms with E-state index in [9.17, 15) is 9.59 Å². The minimum absolute atomic E-state index is 0.0327. The van der Waals surface area contributed by atoms with Crippen molar-refractivity contribution in [2.24, 2.45) is 0 Å². The van der Waals surface area contributed by atoms with Crippen LogP contribution in [0.4, 0.5) is 0 Å². The number of imide groups is 1. The number of hydrogen-bond donors (Lipinski definition) is 3. The van der Waals surface area contributed by atoms with Crippen LogP contribution >= 0.6 is 0 Å². The summed E-state index contributed by atoms with van der Waals surface area (Å²) in [6, 6.07) is -0.442. The van der Waals surface area contributed by atoms with E-state index in [0.29, 0.717) is 0 Å². The van der Waals surface area contributed by atoms with Gasteiger partial charge in [-0.05, 0) is 12.8 Å². The van der Waals surface area contributed by atoms with Crippen LogP contribution < -0.4 is 10.6 Å². The number of aliphatic hydroxyl groups is 1. The summed E-state index contributed by atoms with van der Waals surface area (Å²) in [6.45, 7) is 0.0327. The van der Waals surface area contributed by atoms with Crippen LogP contribution in [-0.2, 0) is 9.59 Å². The average Bonchev–Trinajstić information content (AvgIpc) is 2.77. The Balaban J connectivity index is 1.95. The summed E-state index contributed by atoms with van der Waals surface area (Å²) in [6.07, 6.45) is 1.95. The number of carbonyl (C=O) groups excluding carboxylic acids is 2. The van der Waals surface area contributed by atoms with Crippen molar-refractivity contribution in [1.82, 2.24) is 10.6 Å². The second-order valence-corrected chi connectivity index (χ2v) is 3.75. The quantitative estimate of drug-likeness (QED) is 0.467. The van der Waals surface area contributed by atoms with E-state index >= 15 is 0 Å². The molecule has 1 aliphatic heterocycles. The van der Waals surface area contributed by atoms with Gasteiger partial charge >= 0.3 is 0 Å². The molecule has 5 nitrogen and oxygen atoms in total. The summed E-state index contributed by atoms with van der Waals surface area (Å²) in [5, 5.41) is 14.2. The van der Waals surface area contributed by atoms with Gasteiger partial charge in [-0.1, -0.05) is 0 Å². The molecule has 1 saturated carbocycles. The van der Waals surface area contributed by atoms with Crippen molar-refractivity contribution < 1.29 is 14.7 Å². The van der Waals surface area contributed by atoms with Gasteiger partial charge in [0.1, 0.15) is 0 Å². The second kappa shape index (κ2) is 2.78. The molecule has 0 aromatic heterocycles. The number of nitrogens with one attached hydrogen (secondary N) is 2. The lowest BCUT2D eigenvalue weighted by Crippen LogP contribution is -2.46. The maximum atomic E-state index is 11.1. The monoisotopic (exact) mass is 184 g/mol. The van der Waals surface area contributed by atoms with Crippen LogP contribution in [-0.4, -0.2) is 35.1 Å². The highest BCUT2D eigenvalue weighted by molar-refractivity contribution is 6.05. The standard InChI is InChI=1S/C8H12N2O3/c11-4-8(1-2-8)10-5-3-6(12)9-7(5)13/h5,10-11H,1-4H2,(H,9,12,13). The van der Waals surface area contributed by atoms with Gasteiger partial charge in [0.15, 0.2) is 0 Å². The third kappa shape index (κ3) is 1.57. The topological polar surface area (TPSA) is 78.4 Å². The molecule has 2 fully saturated rings. The minimum Gasteiger partial charge on any atom is -0.394 e. The Bertz CT molecular complexity index is 260. The van der Waals surface area contributed by atoms with Gasteiger partial charge in [-0.15, -0.1) is 0 Å². The third-order valence-corrected chi connectivity index (χ3v) is 2.61. The molecule has 13 heavy (non-hydrogen) atoms. The highest BCUT2D eigenvalue weighted by Gasteiger charge is 2.46. The maximum Gasteiger partial charge on any atom is 0.244 e. The van der Waals surface area contributed by atoms with Crippen molar-refractivity contribution in [2.45, 2.75) is 30.8 Å². The predicted octanol–water partition coefficient (Wildman–Crippen LogP) is -1.48. The normalized spacial score (nSPS) is 30.4. The molecule has 0 aromatic carbocycles. The van der Waals surface area contributed by atoms with Gasteiger partial charge in [-0.2, -0.15) is 0 Å². The fourth-order valence-electron chi connectivity index (χ4n) is 1.54. The molecule has 2 aliphatic rings. The first-order valence-electron chi connectivity index (χ1n) is 4.37. The Labute approximate surface area is 75.5 Å². The molecular formula is C8H12N2O3. The smallest absolute Gasteiger partial charge is 0.244 e. The number of hydrogen-bond acceptors (Lipinski definition) is 4. The first-order valence-corrected chi connectivity index (χ1v) is 4.37. The second-order valence-electron chi connectivity index (χ2n) is 3.75. The fraction of sp³-hybridized carbons (Fsp3) is 0.750. The molecule has 2 rings (SSSR count). The van der Waals surface area contributed by atoms with Gasteiger partial charge < -0.3 is 5.11 Å². The average molecular weight is 184 g/mol. The number of carbonyl (C=O) groups is 2. The summed E-state index contributed by atoms with van der Waals surface area (Å²) in [5.74, 6) is -0.513. The molecule has 72 valence electrons. The van der Waals surface area contributed by atoms with Crippen LogP contribution in [0, 0.1) is 0 Å². The molecule has 1 atom stereocenters. The lowest BCUT2D eigenvalue weighted by Gasteiger charge is -2.17. The summed E-state index contributed by atoms with van der Waals surface area (Å²) in [7, 11) is 0. The van der Waals surface area contributed by atoms with Crippen molar-refractivity contribution in [1.29, 1.82) is 0 Å². The van der Waals surface area contributed by atoms with Crippen LogP contribution in [0.5, 0.6) is 0 Å². The van der Waals surface area contributed by atoms with Crippen LogP contribution in [0.15, 0.2) is 0 Å². The maximum absolute atomic E-state index is 11.1. The molecule has 0 spiro atoms. The number of aliphatic hydroxyl groups excluding tert-OH is 1. The third-order valence-electron chi connectivity index (χ3n) is 2.61. The minimum atomic E-state index is -0.442. The molecule has 1 aliphatic carbocycles. The van der Waals surface area contributed by atoms with Crippen molar-refractivity contribution in [3.63, 3.8) is 0 Å². The molecule has 1 heterocycles. The zero-order valence-electron chi connectivity index (χ0n) is 7.17. The zero-order valence-corrected chi connectivity index (χ0v) is 7.17. The highest BCUT2D eigenvalue weighted by Crippen LogP contribution is 2.35. The van der Waals surface area contributed by atoms with E-state index in [4.69, 9.17) is 5.11 Å². The predicted molar refractivity (Wildman–Crippen MR) is 43.7 cm³/mol. The Morgan fingerprint density at radius 1 is 1.54 bits per heavy atom. The molecule has 2 amide bonds. The van der Waals surface area contributed by atoms with Gasteiger partial charge in [0.25, 0.3) is 0 Å². The lowest BCUT2D eigenvalue weighted by atomic mass is 10.2. The van der Waals surface area contributed by atoms with E-state index in [2.05, 4.69) is 10.6 Å². The molecule has 1 unspecified atom stereocenters. The Morgan fingerprint density at radius 3 is 2.62 bits per heavy atom. The van der Waals surface area contributed by atoms with Crippen molar-refractivity contribution in [3.05, 3.63) is 0 Å². The van der Waals surface area contributed by atoms with Gasteiger partial charge in [-0.3, -0.25) is 20.2 Å². The summed E-state index contributed by atoms with van der Waals surface area (Å²) in [4.78, 5) is 22.0. The summed E-state index contributed by atoms with van der Waals surface area (Å²) >= 11 is 0.